The van der Waals surface area contributed by atoms with Crippen LogP contribution in [0.3, 0.4) is 0 Å². The Labute approximate surface area is 129 Å². The van der Waals surface area contributed by atoms with E-state index in [4.69, 9.17) is 0 Å². The van der Waals surface area contributed by atoms with Crippen LogP contribution in [-0.2, 0) is 11.2 Å². The van der Waals surface area contributed by atoms with Crippen LogP contribution in [0.15, 0.2) is 41.8 Å². The fraction of sp³-hybridized carbons (Fsp3) is 0.353. The highest BCUT2D eigenvalue weighted by molar-refractivity contribution is 7.10. The SMILES string of the molecule is CN(C(=O)Cc1cccs1)c1ccc(N2CCCC2)cc1. The summed E-state index contributed by atoms with van der Waals surface area (Å²) in [5.74, 6) is 0.131. The number of benzene rings is 1. The quantitative estimate of drug-likeness (QED) is 0.862. The van der Waals surface area contributed by atoms with Gasteiger partial charge < -0.3 is 9.80 Å². The lowest BCUT2D eigenvalue weighted by molar-refractivity contribution is -0.117. The molecule has 2 heterocycles. The monoisotopic (exact) mass is 300 g/mol. The van der Waals surface area contributed by atoms with Crippen molar-refractivity contribution in [2.24, 2.45) is 0 Å². The molecule has 0 aliphatic carbocycles. The molecule has 0 unspecified atom stereocenters. The molecule has 2 aromatic rings. The van der Waals surface area contributed by atoms with E-state index in [1.807, 2.05) is 36.7 Å². The molecule has 1 saturated heterocycles. The van der Waals surface area contributed by atoms with E-state index in [0.29, 0.717) is 6.42 Å². The molecule has 0 saturated carbocycles. The molecule has 0 radical (unpaired) electrons. The van der Waals surface area contributed by atoms with Crippen LogP contribution < -0.4 is 9.80 Å². The first-order valence-electron chi connectivity index (χ1n) is 7.38. The second-order valence-electron chi connectivity index (χ2n) is 5.42. The predicted molar refractivity (Wildman–Crippen MR) is 89.3 cm³/mol. The summed E-state index contributed by atoms with van der Waals surface area (Å²) in [4.78, 5) is 17.5. The van der Waals surface area contributed by atoms with E-state index < -0.39 is 0 Å². The van der Waals surface area contributed by atoms with Gasteiger partial charge in [0.2, 0.25) is 5.91 Å². The molecular weight excluding hydrogens is 280 g/mol. The van der Waals surface area contributed by atoms with Crippen molar-refractivity contribution in [3.05, 3.63) is 46.7 Å². The molecule has 3 nitrogen and oxygen atoms in total. The van der Waals surface area contributed by atoms with Crippen LogP contribution in [0.5, 0.6) is 0 Å². The van der Waals surface area contributed by atoms with Gasteiger partial charge in [0, 0.05) is 36.4 Å². The molecule has 3 rings (SSSR count). The van der Waals surface area contributed by atoms with Crippen molar-refractivity contribution in [1.29, 1.82) is 0 Å². The summed E-state index contributed by atoms with van der Waals surface area (Å²) >= 11 is 1.63. The van der Waals surface area contributed by atoms with Gasteiger partial charge >= 0.3 is 0 Å². The smallest absolute Gasteiger partial charge is 0.231 e. The summed E-state index contributed by atoms with van der Waals surface area (Å²) in [6.45, 7) is 2.29. The standard InChI is InChI=1S/C17H20N2OS/c1-18(17(20)13-16-5-4-12-21-16)14-6-8-15(9-7-14)19-10-2-3-11-19/h4-9,12H,2-3,10-11,13H2,1H3. The molecule has 1 aromatic heterocycles. The number of carbonyl (C=O) groups is 1. The van der Waals surface area contributed by atoms with E-state index in [9.17, 15) is 4.79 Å². The number of anilines is 2. The average molecular weight is 300 g/mol. The van der Waals surface area contributed by atoms with E-state index in [2.05, 4.69) is 17.0 Å². The molecule has 21 heavy (non-hydrogen) atoms. The summed E-state index contributed by atoms with van der Waals surface area (Å²) in [5, 5.41) is 2.01. The maximum absolute atomic E-state index is 12.3. The van der Waals surface area contributed by atoms with Crippen molar-refractivity contribution in [3.63, 3.8) is 0 Å². The maximum atomic E-state index is 12.3. The number of thiophene rings is 1. The van der Waals surface area contributed by atoms with E-state index >= 15 is 0 Å². The van der Waals surface area contributed by atoms with Gasteiger partial charge in [-0.2, -0.15) is 0 Å². The highest BCUT2D eigenvalue weighted by atomic mass is 32.1. The maximum Gasteiger partial charge on any atom is 0.231 e. The number of rotatable bonds is 4. The highest BCUT2D eigenvalue weighted by Crippen LogP contribution is 2.24. The van der Waals surface area contributed by atoms with Gasteiger partial charge in [0.25, 0.3) is 0 Å². The molecule has 1 aromatic carbocycles. The van der Waals surface area contributed by atoms with E-state index in [1.54, 1.807) is 16.2 Å². The highest BCUT2D eigenvalue weighted by Gasteiger charge is 2.15. The Kier molecular flexibility index (Phi) is 4.25. The van der Waals surface area contributed by atoms with Crippen LogP contribution in [0.4, 0.5) is 11.4 Å². The number of amides is 1. The lowest BCUT2D eigenvalue weighted by Crippen LogP contribution is -2.27. The molecule has 1 aliphatic rings. The minimum Gasteiger partial charge on any atom is -0.372 e. The van der Waals surface area contributed by atoms with Crippen LogP contribution >= 0.6 is 11.3 Å². The molecule has 0 atom stereocenters. The van der Waals surface area contributed by atoms with Crippen LogP contribution in [-0.4, -0.2) is 26.0 Å². The van der Waals surface area contributed by atoms with Gasteiger partial charge in [-0.1, -0.05) is 6.07 Å². The number of hydrogen-bond donors (Lipinski definition) is 0. The van der Waals surface area contributed by atoms with Crippen LogP contribution in [0, 0.1) is 0 Å². The first-order valence-corrected chi connectivity index (χ1v) is 8.26. The van der Waals surface area contributed by atoms with Crippen molar-refractivity contribution < 1.29 is 4.79 Å². The minimum absolute atomic E-state index is 0.131. The Morgan fingerprint density at radius 2 is 1.90 bits per heavy atom. The molecule has 110 valence electrons. The Morgan fingerprint density at radius 1 is 1.19 bits per heavy atom. The Hall–Kier alpha value is -1.81. The van der Waals surface area contributed by atoms with Gasteiger partial charge in [-0.25, -0.2) is 0 Å². The summed E-state index contributed by atoms with van der Waals surface area (Å²) in [6, 6.07) is 12.3. The zero-order valence-corrected chi connectivity index (χ0v) is 13.1. The molecule has 0 N–H and O–H groups in total. The molecule has 0 spiro atoms. The molecular formula is C17H20N2OS. The van der Waals surface area contributed by atoms with Crippen LogP contribution in [0.25, 0.3) is 0 Å². The second kappa shape index (κ2) is 6.31. The fourth-order valence-corrected chi connectivity index (χ4v) is 3.38. The van der Waals surface area contributed by atoms with Gasteiger partial charge in [0.05, 0.1) is 6.42 Å². The average Bonchev–Trinajstić information content (AvgIpc) is 3.20. The zero-order valence-electron chi connectivity index (χ0n) is 12.3. The Balaban J connectivity index is 1.66. The lowest BCUT2D eigenvalue weighted by atomic mass is 10.2. The number of nitrogens with zero attached hydrogens (tertiary/aromatic N) is 2. The molecule has 1 fully saturated rings. The first-order chi connectivity index (χ1) is 10.2. The largest absolute Gasteiger partial charge is 0.372 e. The zero-order chi connectivity index (χ0) is 14.7. The third kappa shape index (κ3) is 3.27. The number of hydrogen-bond acceptors (Lipinski definition) is 3. The van der Waals surface area contributed by atoms with Crippen molar-refractivity contribution in [3.8, 4) is 0 Å². The summed E-state index contributed by atoms with van der Waals surface area (Å²) in [5.41, 5.74) is 2.22. The normalized spacial score (nSPS) is 14.4. The predicted octanol–water partition coefficient (Wildman–Crippen LogP) is 3.55. The minimum atomic E-state index is 0.131. The van der Waals surface area contributed by atoms with Crippen molar-refractivity contribution >= 4 is 28.6 Å². The van der Waals surface area contributed by atoms with Crippen molar-refractivity contribution in [1.82, 2.24) is 0 Å². The Bertz CT molecular complexity index is 586. The summed E-state index contributed by atoms with van der Waals surface area (Å²) in [6.07, 6.45) is 3.03. The molecule has 4 heteroatoms. The van der Waals surface area contributed by atoms with Gasteiger partial charge in [-0.3, -0.25) is 4.79 Å². The molecule has 0 bridgehead atoms. The summed E-state index contributed by atoms with van der Waals surface area (Å²) < 4.78 is 0. The van der Waals surface area contributed by atoms with E-state index in [-0.39, 0.29) is 5.91 Å². The second-order valence-corrected chi connectivity index (χ2v) is 6.45. The van der Waals surface area contributed by atoms with Crippen LogP contribution in [0.2, 0.25) is 0 Å². The van der Waals surface area contributed by atoms with Crippen molar-refractivity contribution in [2.45, 2.75) is 19.3 Å². The topological polar surface area (TPSA) is 23.6 Å². The van der Waals surface area contributed by atoms with Gasteiger partial charge in [0.1, 0.15) is 0 Å². The molecule has 1 amide bonds. The molecule has 1 aliphatic heterocycles. The van der Waals surface area contributed by atoms with Crippen molar-refractivity contribution in [2.75, 3.05) is 29.9 Å². The summed E-state index contributed by atoms with van der Waals surface area (Å²) in [7, 11) is 1.85. The third-order valence-corrected chi connectivity index (χ3v) is 4.86. The van der Waals surface area contributed by atoms with Gasteiger partial charge in [-0.15, -0.1) is 11.3 Å². The lowest BCUT2D eigenvalue weighted by Gasteiger charge is -2.21. The number of carbonyl (C=O) groups excluding carboxylic acids is 1. The van der Waals surface area contributed by atoms with E-state index in [1.165, 1.54) is 18.5 Å². The third-order valence-electron chi connectivity index (χ3n) is 3.99. The van der Waals surface area contributed by atoms with E-state index in [0.717, 1.165) is 23.7 Å². The Morgan fingerprint density at radius 3 is 2.52 bits per heavy atom. The van der Waals surface area contributed by atoms with Crippen LogP contribution in [0.1, 0.15) is 17.7 Å². The van der Waals surface area contributed by atoms with Gasteiger partial charge in [0.15, 0.2) is 0 Å². The van der Waals surface area contributed by atoms with Gasteiger partial charge in [-0.05, 0) is 48.6 Å². The first kappa shape index (κ1) is 14.1. The fourth-order valence-electron chi connectivity index (χ4n) is 2.69. The number of likely N-dealkylation sites (N-methyl/N-ethyl adjacent to an activating group) is 1.